The van der Waals surface area contributed by atoms with Crippen molar-refractivity contribution >= 4 is 34.7 Å². The largest absolute Gasteiger partial charge is 0.505 e. The van der Waals surface area contributed by atoms with E-state index >= 15 is 0 Å². The van der Waals surface area contributed by atoms with Crippen molar-refractivity contribution in [2.45, 2.75) is 31.5 Å². The van der Waals surface area contributed by atoms with E-state index in [1.165, 1.54) is 6.07 Å². The number of ether oxygens (including phenoxy) is 1. The zero-order valence-corrected chi connectivity index (χ0v) is 20.5. The second-order valence-electron chi connectivity index (χ2n) is 9.05. The first-order valence-electron chi connectivity index (χ1n) is 12.0. The molecule has 0 spiro atoms. The Kier molecular flexibility index (Phi) is 6.70. The summed E-state index contributed by atoms with van der Waals surface area (Å²) < 4.78 is 7.34. The third-order valence-electron chi connectivity index (χ3n) is 6.88. The Morgan fingerprint density at radius 3 is 2.61 bits per heavy atom. The number of amides is 1. The number of carbonyl (C=O) groups is 1. The third kappa shape index (κ3) is 4.34. The van der Waals surface area contributed by atoms with Crippen LogP contribution in [0.25, 0.3) is 0 Å². The van der Waals surface area contributed by atoms with Gasteiger partial charge in [0.2, 0.25) is 0 Å². The topological polar surface area (TPSA) is 111 Å². The number of fused-ring (bicyclic) bond motifs is 1. The van der Waals surface area contributed by atoms with Crippen molar-refractivity contribution in [2.75, 3.05) is 36.9 Å². The molecule has 0 bridgehead atoms. The van der Waals surface area contributed by atoms with Gasteiger partial charge in [0.05, 0.1) is 36.0 Å². The van der Waals surface area contributed by atoms with Gasteiger partial charge >= 0.3 is 0 Å². The van der Waals surface area contributed by atoms with Crippen molar-refractivity contribution in [3.8, 4) is 5.75 Å². The van der Waals surface area contributed by atoms with E-state index in [1.54, 1.807) is 21.5 Å². The molecular formula is C26H27ClN4O5. The molecule has 9 nitrogen and oxygen atoms in total. The second-order valence-corrected chi connectivity index (χ2v) is 9.53. The minimum Gasteiger partial charge on any atom is -0.505 e. The summed E-state index contributed by atoms with van der Waals surface area (Å²) in [6, 6.07) is 14.0. The Bertz CT molecular complexity index is 1340. The first-order valence-corrected chi connectivity index (χ1v) is 12.3. The van der Waals surface area contributed by atoms with Crippen LogP contribution in [0.1, 0.15) is 35.3 Å². The molecule has 2 heterocycles. The number of anilines is 3. The van der Waals surface area contributed by atoms with Gasteiger partial charge in [0.1, 0.15) is 11.4 Å². The highest BCUT2D eigenvalue weighted by Crippen LogP contribution is 2.35. The number of halogens is 1. The van der Waals surface area contributed by atoms with Crippen LogP contribution in [0.4, 0.5) is 17.1 Å². The molecule has 2 saturated heterocycles. The number of nitrogens with one attached hydrogen (secondary N) is 2. The lowest BCUT2D eigenvalue weighted by Crippen LogP contribution is -2.53. The Morgan fingerprint density at radius 2 is 1.86 bits per heavy atom. The summed E-state index contributed by atoms with van der Waals surface area (Å²) in [4.78, 5) is 39.9. The van der Waals surface area contributed by atoms with E-state index in [0.29, 0.717) is 32.7 Å². The van der Waals surface area contributed by atoms with Crippen LogP contribution in [-0.4, -0.2) is 58.7 Å². The van der Waals surface area contributed by atoms with Gasteiger partial charge in [-0.15, -0.1) is 0 Å². The van der Waals surface area contributed by atoms with Crippen LogP contribution in [0.3, 0.4) is 0 Å². The third-order valence-corrected chi connectivity index (χ3v) is 7.16. The Balaban J connectivity index is 1.38. The number of phenolic OH excluding ortho intramolecular Hbond substituents is 1. The van der Waals surface area contributed by atoms with E-state index in [0.717, 1.165) is 5.56 Å². The predicted octanol–water partition coefficient (Wildman–Crippen LogP) is 2.97. The zero-order valence-electron chi connectivity index (χ0n) is 19.7. The van der Waals surface area contributed by atoms with E-state index in [2.05, 4.69) is 10.6 Å². The number of rotatable bonds is 7. The van der Waals surface area contributed by atoms with Crippen molar-refractivity contribution in [2.24, 2.45) is 0 Å². The van der Waals surface area contributed by atoms with E-state index < -0.39 is 10.9 Å². The highest BCUT2D eigenvalue weighted by atomic mass is 35.5. The van der Waals surface area contributed by atoms with Crippen molar-refractivity contribution in [3.05, 3.63) is 80.1 Å². The maximum Gasteiger partial charge on any atom is 0.258 e. The van der Waals surface area contributed by atoms with Crippen molar-refractivity contribution in [1.82, 2.24) is 9.32 Å². The number of hydrogen-bond donors (Lipinski definition) is 3. The molecule has 188 valence electrons. The number of phenols is 1. The summed E-state index contributed by atoms with van der Waals surface area (Å²) >= 11 is 6.15. The van der Waals surface area contributed by atoms with Crippen molar-refractivity contribution in [1.29, 1.82) is 0 Å². The van der Waals surface area contributed by atoms with Gasteiger partial charge in [0.25, 0.3) is 16.8 Å². The van der Waals surface area contributed by atoms with Gasteiger partial charge in [-0.3, -0.25) is 14.4 Å². The fourth-order valence-electron chi connectivity index (χ4n) is 4.93. The maximum absolute atomic E-state index is 13.4. The second kappa shape index (κ2) is 9.93. The number of para-hydroxylation sites is 1. The minimum absolute atomic E-state index is 0.0642. The Morgan fingerprint density at radius 1 is 1.11 bits per heavy atom. The molecule has 3 aromatic carbocycles. The standard InChI is InChI=1S/C26H27ClN4O5/c1-2-17(15-7-4-3-5-8-15)28-21-22(25(34)24(21)33)29-18-10-6-9-16(23(18)32)26(35)31-11-12-36-20-14-30(27)13-19(20)31/h3-10,17,19-20,28-29,32H,2,11-14H2,1H3/t17-,19-,20-/m1/s1. The van der Waals surface area contributed by atoms with Gasteiger partial charge in [-0.1, -0.05) is 43.3 Å². The van der Waals surface area contributed by atoms with E-state index in [9.17, 15) is 19.5 Å². The molecule has 2 aliphatic heterocycles. The Hall–Kier alpha value is -3.40. The fraction of sp³-hybridized carbons (Fsp3) is 0.346. The van der Waals surface area contributed by atoms with Crippen LogP contribution in [0.2, 0.25) is 0 Å². The lowest BCUT2D eigenvalue weighted by Gasteiger charge is -2.37. The normalized spacial score (nSPS) is 20.8. The number of benzene rings is 2. The van der Waals surface area contributed by atoms with Crippen LogP contribution in [0, 0.1) is 0 Å². The summed E-state index contributed by atoms with van der Waals surface area (Å²) in [5.41, 5.74) is 0.174. The number of nitrogens with zero attached hydrogens (tertiary/aromatic N) is 2. The van der Waals surface area contributed by atoms with Gasteiger partial charge in [0, 0.05) is 19.6 Å². The lowest BCUT2D eigenvalue weighted by molar-refractivity contribution is -0.0368. The van der Waals surface area contributed by atoms with Crippen LogP contribution in [0.5, 0.6) is 5.75 Å². The smallest absolute Gasteiger partial charge is 0.258 e. The molecule has 3 atom stereocenters. The van der Waals surface area contributed by atoms with Gasteiger partial charge in [-0.25, -0.2) is 4.42 Å². The average molecular weight is 511 g/mol. The van der Waals surface area contributed by atoms with Crippen LogP contribution in [-0.2, 0) is 4.74 Å². The minimum atomic E-state index is -0.680. The van der Waals surface area contributed by atoms with Gasteiger partial charge in [-0.2, -0.15) is 0 Å². The van der Waals surface area contributed by atoms with Crippen molar-refractivity contribution in [3.63, 3.8) is 0 Å². The summed E-state index contributed by atoms with van der Waals surface area (Å²) in [6.45, 7) is 3.73. The molecule has 1 amide bonds. The molecule has 0 aromatic heterocycles. The van der Waals surface area contributed by atoms with Crippen LogP contribution in [0.15, 0.2) is 58.1 Å². The molecule has 0 saturated carbocycles. The molecule has 3 N–H and O–H groups in total. The highest BCUT2D eigenvalue weighted by molar-refractivity contribution is 6.13. The summed E-state index contributed by atoms with van der Waals surface area (Å²) in [5, 5.41) is 17.0. The maximum atomic E-state index is 13.4. The molecule has 36 heavy (non-hydrogen) atoms. The number of aromatic hydroxyl groups is 1. The van der Waals surface area contributed by atoms with E-state index in [-0.39, 0.29) is 52.5 Å². The molecule has 0 unspecified atom stereocenters. The van der Waals surface area contributed by atoms with Crippen LogP contribution < -0.4 is 21.5 Å². The van der Waals surface area contributed by atoms with Gasteiger partial charge < -0.3 is 25.4 Å². The van der Waals surface area contributed by atoms with E-state index in [1.807, 2.05) is 37.3 Å². The molecule has 5 rings (SSSR count). The predicted molar refractivity (Wildman–Crippen MR) is 138 cm³/mol. The zero-order chi connectivity index (χ0) is 25.4. The average Bonchev–Trinajstić information content (AvgIpc) is 3.29. The lowest BCUT2D eigenvalue weighted by atomic mass is 10.0. The molecule has 10 heteroatoms. The summed E-state index contributed by atoms with van der Waals surface area (Å²) in [7, 11) is 0. The van der Waals surface area contributed by atoms with Crippen LogP contribution >= 0.6 is 11.8 Å². The molecule has 3 aromatic rings. The first-order chi connectivity index (χ1) is 17.4. The summed E-state index contributed by atoms with van der Waals surface area (Å²) in [6.07, 6.45) is 0.510. The van der Waals surface area contributed by atoms with E-state index in [4.69, 9.17) is 16.5 Å². The highest BCUT2D eigenvalue weighted by Gasteiger charge is 2.42. The van der Waals surface area contributed by atoms with Crippen molar-refractivity contribution < 1.29 is 14.6 Å². The number of carbonyl (C=O) groups excluding carboxylic acids is 1. The first kappa shape index (κ1) is 24.3. The molecular weight excluding hydrogens is 484 g/mol. The summed E-state index contributed by atoms with van der Waals surface area (Å²) in [5.74, 6) is -0.639. The number of hydrogen-bond acceptors (Lipinski definition) is 8. The number of morpholine rings is 1. The quantitative estimate of drug-likeness (QED) is 0.253. The molecule has 0 aliphatic carbocycles. The molecule has 2 aliphatic rings. The molecule has 0 radical (unpaired) electrons. The van der Waals surface area contributed by atoms with Gasteiger partial charge in [-0.05, 0) is 35.9 Å². The SMILES string of the molecule is CC[C@@H](Nc1c(Nc2cccc(C(=O)N3CCO[C@@H]4CN(Cl)C[C@H]43)c2O)c(=O)c1=O)c1ccccc1. The monoisotopic (exact) mass is 510 g/mol. The Labute approximate surface area is 213 Å². The fourth-order valence-corrected chi connectivity index (χ4v) is 5.21. The molecule has 2 fully saturated rings. The van der Waals surface area contributed by atoms with Gasteiger partial charge in [0.15, 0.2) is 5.75 Å².